The number of hydrogen-bond donors (Lipinski definition) is 2. The van der Waals surface area contributed by atoms with E-state index in [-0.39, 0.29) is 13.2 Å². The van der Waals surface area contributed by atoms with Crippen LogP contribution in [-0.4, -0.2) is 41.5 Å². The molecular formula is C15H21N3O6. The average Bonchev–Trinajstić information content (AvgIpc) is 2.79. The van der Waals surface area contributed by atoms with E-state index in [1.165, 1.54) is 6.92 Å². The molecule has 0 spiro atoms. The number of rotatable bonds is 6. The molecule has 0 saturated heterocycles. The van der Waals surface area contributed by atoms with Gasteiger partial charge in [0.1, 0.15) is 6.54 Å². The molecule has 2 amide bonds. The van der Waals surface area contributed by atoms with Gasteiger partial charge in [-0.05, 0) is 26.8 Å². The van der Waals surface area contributed by atoms with E-state index in [0.29, 0.717) is 17.0 Å². The molecule has 0 saturated carbocycles. The van der Waals surface area contributed by atoms with E-state index in [1.54, 1.807) is 31.4 Å². The number of hydrogen-bond acceptors (Lipinski definition) is 6. The molecule has 0 fully saturated rings. The lowest BCUT2D eigenvalue weighted by molar-refractivity contribution is -0.149. The van der Waals surface area contributed by atoms with Gasteiger partial charge in [0.15, 0.2) is 6.61 Å². The number of aromatic nitrogens is 1. The summed E-state index contributed by atoms with van der Waals surface area (Å²) in [5.41, 5.74) is 5.80. The quantitative estimate of drug-likeness (QED) is 0.556. The molecule has 0 radical (unpaired) electrons. The number of amides is 2. The largest absolute Gasteiger partial charge is 0.462 e. The van der Waals surface area contributed by atoms with Gasteiger partial charge in [-0.3, -0.25) is 25.2 Å². The van der Waals surface area contributed by atoms with Crippen LogP contribution in [0.5, 0.6) is 0 Å². The number of carbonyl (C=O) groups is 4. The highest BCUT2D eigenvalue weighted by Crippen LogP contribution is 2.16. The molecule has 0 atom stereocenters. The van der Waals surface area contributed by atoms with Gasteiger partial charge >= 0.3 is 11.9 Å². The van der Waals surface area contributed by atoms with Gasteiger partial charge in [-0.2, -0.15) is 0 Å². The lowest BCUT2D eigenvalue weighted by atomic mass is 10.2. The summed E-state index contributed by atoms with van der Waals surface area (Å²) in [5, 5.41) is 0. The zero-order valence-corrected chi connectivity index (χ0v) is 14.1. The van der Waals surface area contributed by atoms with Gasteiger partial charge in [-0.15, -0.1) is 0 Å². The number of nitrogens with one attached hydrogen (secondary N) is 2. The molecule has 0 aromatic carbocycles. The molecular weight excluding hydrogens is 318 g/mol. The minimum Gasteiger partial charge on any atom is -0.462 e. The van der Waals surface area contributed by atoms with E-state index >= 15 is 0 Å². The fraction of sp³-hybridized carbons (Fsp3) is 0.467. The fourth-order valence-electron chi connectivity index (χ4n) is 1.97. The summed E-state index contributed by atoms with van der Waals surface area (Å²) in [6, 6.07) is 1.63. The third-order valence-electron chi connectivity index (χ3n) is 3.10. The second kappa shape index (κ2) is 8.70. The number of esters is 2. The standard InChI is InChI=1S/C15H21N3O6/c1-5-23-15(22)12-6-9(2)18(10(12)3)7-14(21)24-8-13(20)17-16-11(4)19/h6H,5,7-8H2,1-4H3,(H,16,19)(H,17,20). The van der Waals surface area contributed by atoms with Crippen molar-refractivity contribution in [3.05, 3.63) is 23.0 Å². The molecule has 0 aliphatic heterocycles. The van der Waals surface area contributed by atoms with Crippen molar-refractivity contribution >= 4 is 23.8 Å². The maximum atomic E-state index is 11.8. The van der Waals surface area contributed by atoms with Crippen molar-refractivity contribution in [3.8, 4) is 0 Å². The lowest BCUT2D eigenvalue weighted by Crippen LogP contribution is -2.42. The van der Waals surface area contributed by atoms with Gasteiger partial charge in [0.2, 0.25) is 5.91 Å². The highest BCUT2D eigenvalue weighted by Gasteiger charge is 2.18. The zero-order chi connectivity index (χ0) is 18.3. The van der Waals surface area contributed by atoms with Crippen molar-refractivity contribution in [3.63, 3.8) is 0 Å². The van der Waals surface area contributed by atoms with Crippen LogP contribution in [0.15, 0.2) is 6.07 Å². The Hall–Kier alpha value is -2.84. The van der Waals surface area contributed by atoms with Crippen molar-refractivity contribution in [2.24, 2.45) is 0 Å². The second-order valence-corrected chi connectivity index (χ2v) is 4.98. The van der Waals surface area contributed by atoms with Crippen LogP contribution in [0.2, 0.25) is 0 Å². The molecule has 0 aliphatic rings. The molecule has 9 nitrogen and oxygen atoms in total. The summed E-state index contributed by atoms with van der Waals surface area (Å²) < 4.78 is 11.4. The van der Waals surface area contributed by atoms with Gasteiger partial charge in [-0.1, -0.05) is 0 Å². The Labute approximate surface area is 139 Å². The Bertz CT molecular complexity index is 650. The minimum absolute atomic E-state index is 0.148. The van der Waals surface area contributed by atoms with E-state index in [9.17, 15) is 19.2 Å². The van der Waals surface area contributed by atoms with E-state index in [0.717, 1.165) is 0 Å². The molecule has 1 rings (SSSR count). The summed E-state index contributed by atoms with van der Waals surface area (Å²) in [6.07, 6.45) is 0. The molecule has 1 heterocycles. The molecule has 0 bridgehead atoms. The third-order valence-corrected chi connectivity index (χ3v) is 3.10. The molecule has 2 N–H and O–H groups in total. The van der Waals surface area contributed by atoms with Gasteiger partial charge in [0.05, 0.1) is 12.2 Å². The number of carbonyl (C=O) groups excluding carboxylic acids is 4. The van der Waals surface area contributed by atoms with Crippen molar-refractivity contribution in [1.82, 2.24) is 15.4 Å². The highest BCUT2D eigenvalue weighted by molar-refractivity contribution is 5.91. The first kappa shape index (κ1) is 19.2. The number of ether oxygens (including phenoxy) is 2. The van der Waals surface area contributed by atoms with E-state index in [4.69, 9.17) is 9.47 Å². The van der Waals surface area contributed by atoms with Crippen LogP contribution >= 0.6 is 0 Å². The van der Waals surface area contributed by atoms with Crippen molar-refractivity contribution in [1.29, 1.82) is 0 Å². The molecule has 132 valence electrons. The summed E-state index contributed by atoms with van der Waals surface area (Å²) >= 11 is 0. The Morgan fingerprint density at radius 3 is 2.38 bits per heavy atom. The number of nitrogens with zero attached hydrogens (tertiary/aromatic N) is 1. The molecule has 24 heavy (non-hydrogen) atoms. The zero-order valence-electron chi connectivity index (χ0n) is 14.1. The normalized spacial score (nSPS) is 10.0. The van der Waals surface area contributed by atoms with Crippen molar-refractivity contribution in [2.75, 3.05) is 13.2 Å². The van der Waals surface area contributed by atoms with Gasteiger partial charge in [-0.25, -0.2) is 4.79 Å². The summed E-state index contributed by atoms with van der Waals surface area (Å²) in [5.74, 6) is -2.21. The minimum atomic E-state index is -0.660. The third kappa shape index (κ3) is 5.41. The molecule has 0 aliphatic carbocycles. The number of aryl methyl sites for hydroxylation is 1. The van der Waals surface area contributed by atoms with E-state index in [2.05, 4.69) is 10.9 Å². The van der Waals surface area contributed by atoms with E-state index in [1.807, 2.05) is 0 Å². The Kier molecular flexibility index (Phi) is 6.97. The predicted octanol–water partition coefficient (Wildman–Crippen LogP) is -0.00786. The highest BCUT2D eigenvalue weighted by atomic mass is 16.5. The molecule has 0 unspecified atom stereocenters. The first-order chi connectivity index (χ1) is 11.3. The van der Waals surface area contributed by atoms with Crippen molar-refractivity contribution < 1.29 is 28.7 Å². The van der Waals surface area contributed by atoms with Gasteiger partial charge in [0.25, 0.3) is 5.91 Å². The second-order valence-electron chi connectivity index (χ2n) is 4.98. The van der Waals surface area contributed by atoms with Gasteiger partial charge in [0, 0.05) is 18.3 Å². The summed E-state index contributed by atoms with van der Waals surface area (Å²) in [7, 11) is 0. The van der Waals surface area contributed by atoms with Crippen LogP contribution in [0, 0.1) is 13.8 Å². The molecule has 9 heteroatoms. The Morgan fingerprint density at radius 1 is 1.12 bits per heavy atom. The maximum absolute atomic E-state index is 11.8. The average molecular weight is 339 g/mol. The first-order valence-corrected chi connectivity index (χ1v) is 7.31. The molecule has 1 aromatic rings. The van der Waals surface area contributed by atoms with Crippen LogP contribution in [0.25, 0.3) is 0 Å². The Morgan fingerprint density at radius 2 is 1.79 bits per heavy atom. The fourth-order valence-corrected chi connectivity index (χ4v) is 1.97. The van der Waals surface area contributed by atoms with Crippen LogP contribution in [-0.2, 0) is 30.4 Å². The lowest BCUT2D eigenvalue weighted by Gasteiger charge is -2.10. The Balaban J connectivity index is 2.63. The van der Waals surface area contributed by atoms with E-state index < -0.39 is 30.4 Å². The van der Waals surface area contributed by atoms with Crippen LogP contribution in [0.4, 0.5) is 0 Å². The summed E-state index contributed by atoms with van der Waals surface area (Å²) in [6.45, 7) is 5.95. The van der Waals surface area contributed by atoms with Crippen LogP contribution in [0.3, 0.4) is 0 Å². The first-order valence-electron chi connectivity index (χ1n) is 7.31. The van der Waals surface area contributed by atoms with Crippen molar-refractivity contribution in [2.45, 2.75) is 34.2 Å². The topological polar surface area (TPSA) is 116 Å². The maximum Gasteiger partial charge on any atom is 0.339 e. The SMILES string of the molecule is CCOC(=O)c1cc(C)n(CC(=O)OCC(=O)NNC(C)=O)c1C. The smallest absolute Gasteiger partial charge is 0.339 e. The van der Waals surface area contributed by atoms with Crippen LogP contribution in [0.1, 0.15) is 35.6 Å². The number of hydrazine groups is 1. The molecule has 1 aromatic heterocycles. The van der Waals surface area contributed by atoms with Crippen LogP contribution < -0.4 is 10.9 Å². The van der Waals surface area contributed by atoms with Gasteiger partial charge < -0.3 is 14.0 Å². The monoisotopic (exact) mass is 339 g/mol. The summed E-state index contributed by atoms with van der Waals surface area (Å²) in [4.78, 5) is 45.6. The predicted molar refractivity (Wildman–Crippen MR) is 82.8 cm³/mol.